The molecule has 1 aromatic carbocycles. The van der Waals surface area contributed by atoms with Crippen molar-refractivity contribution >= 4 is 5.91 Å². The number of piperazine rings is 1. The van der Waals surface area contributed by atoms with E-state index in [0.717, 1.165) is 51.3 Å². The molecule has 1 saturated carbocycles. The van der Waals surface area contributed by atoms with Gasteiger partial charge in [-0.25, -0.2) is 0 Å². The van der Waals surface area contributed by atoms with Gasteiger partial charge in [-0.05, 0) is 31.4 Å². The Morgan fingerprint density at radius 3 is 2.50 bits per heavy atom. The predicted octanol–water partition coefficient (Wildman–Crippen LogP) is 3.10. The summed E-state index contributed by atoms with van der Waals surface area (Å²) in [6, 6.07) is 8.14. The van der Waals surface area contributed by atoms with Crippen molar-refractivity contribution in [3.8, 4) is 5.75 Å². The Morgan fingerprint density at radius 2 is 1.79 bits per heavy atom. The fraction of sp³-hybridized carbons (Fsp3) is 0.650. The molecule has 24 heavy (non-hydrogen) atoms. The van der Waals surface area contributed by atoms with Gasteiger partial charge in [-0.15, -0.1) is 0 Å². The fourth-order valence-electron chi connectivity index (χ4n) is 3.80. The first-order chi connectivity index (χ1) is 11.7. The molecule has 0 spiro atoms. The lowest BCUT2D eigenvalue weighted by molar-refractivity contribution is -0.138. The van der Waals surface area contributed by atoms with Gasteiger partial charge in [0.1, 0.15) is 12.4 Å². The molecular weight excluding hydrogens is 300 g/mol. The minimum atomic E-state index is 0.301. The van der Waals surface area contributed by atoms with Crippen LogP contribution >= 0.6 is 0 Å². The zero-order valence-corrected chi connectivity index (χ0v) is 14.9. The first-order valence-corrected chi connectivity index (χ1v) is 9.43. The Bertz CT molecular complexity index is 532. The summed E-state index contributed by atoms with van der Waals surface area (Å²) in [7, 11) is 0. The van der Waals surface area contributed by atoms with Crippen LogP contribution in [0.25, 0.3) is 0 Å². The lowest BCUT2D eigenvalue weighted by Crippen LogP contribution is -2.51. The lowest BCUT2D eigenvalue weighted by Gasteiger charge is -2.37. The van der Waals surface area contributed by atoms with Crippen LogP contribution < -0.4 is 4.74 Å². The van der Waals surface area contributed by atoms with Crippen LogP contribution in [0.5, 0.6) is 5.75 Å². The Balaban J connectivity index is 1.37. The van der Waals surface area contributed by atoms with Crippen LogP contribution in [0.1, 0.15) is 37.7 Å². The average molecular weight is 330 g/mol. The van der Waals surface area contributed by atoms with Crippen molar-refractivity contribution in [3.05, 3.63) is 29.8 Å². The van der Waals surface area contributed by atoms with Gasteiger partial charge in [0.15, 0.2) is 0 Å². The molecule has 0 bridgehead atoms. The number of hydrogen-bond donors (Lipinski definition) is 0. The third-order valence-corrected chi connectivity index (χ3v) is 5.40. The molecule has 132 valence electrons. The van der Waals surface area contributed by atoms with Crippen LogP contribution in [-0.4, -0.2) is 55.0 Å². The lowest BCUT2D eigenvalue weighted by atomic mass is 9.88. The van der Waals surface area contributed by atoms with E-state index in [1.165, 1.54) is 24.8 Å². The Morgan fingerprint density at radius 1 is 1.08 bits per heavy atom. The predicted molar refractivity (Wildman–Crippen MR) is 96.3 cm³/mol. The fourth-order valence-corrected chi connectivity index (χ4v) is 3.80. The molecule has 0 atom stereocenters. The number of amides is 1. The minimum Gasteiger partial charge on any atom is -0.492 e. The van der Waals surface area contributed by atoms with E-state index < -0.39 is 0 Å². The summed E-state index contributed by atoms with van der Waals surface area (Å²) in [5.74, 6) is 1.68. The summed E-state index contributed by atoms with van der Waals surface area (Å²) in [5.41, 5.74) is 1.18. The van der Waals surface area contributed by atoms with Crippen LogP contribution in [0.3, 0.4) is 0 Å². The molecule has 3 rings (SSSR count). The number of rotatable bonds is 5. The van der Waals surface area contributed by atoms with Crippen molar-refractivity contribution in [1.82, 2.24) is 9.80 Å². The van der Waals surface area contributed by atoms with Gasteiger partial charge in [-0.3, -0.25) is 9.69 Å². The molecule has 1 heterocycles. The summed E-state index contributed by atoms with van der Waals surface area (Å²) in [6.45, 7) is 7.40. The molecule has 1 amide bonds. The second kappa shape index (κ2) is 8.52. The van der Waals surface area contributed by atoms with E-state index in [2.05, 4.69) is 22.8 Å². The van der Waals surface area contributed by atoms with E-state index in [1.54, 1.807) is 0 Å². The Kier molecular flexibility index (Phi) is 6.13. The molecule has 1 aliphatic heterocycles. The molecule has 0 aromatic heterocycles. The second-order valence-electron chi connectivity index (χ2n) is 7.12. The highest BCUT2D eigenvalue weighted by Gasteiger charge is 2.28. The van der Waals surface area contributed by atoms with Gasteiger partial charge in [-0.2, -0.15) is 0 Å². The maximum absolute atomic E-state index is 12.6. The zero-order valence-electron chi connectivity index (χ0n) is 14.9. The maximum Gasteiger partial charge on any atom is 0.225 e. The number of ether oxygens (including phenoxy) is 1. The smallest absolute Gasteiger partial charge is 0.225 e. The van der Waals surface area contributed by atoms with Crippen molar-refractivity contribution in [2.24, 2.45) is 5.92 Å². The molecular formula is C20H30N2O2. The standard InChI is InChI=1S/C20H30N2O2/c1-17-7-5-6-10-19(17)24-16-15-21-11-13-22(14-12-21)20(23)18-8-3-2-4-9-18/h5-7,10,18H,2-4,8-9,11-16H2,1H3. The quantitative estimate of drug-likeness (QED) is 0.832. The summed E-state index contributed by atoms with van der Waals surface area (Å²) in [6.07, 6.45) is 5.96. The largest absolute Gasteiger partial charge is 0.492 e. The number of nitrogens with zero attached hydrogens (tertiary/aromatic N) is 2. The molecule has 0 N–H and O–H groups in total. The number of hydrogen-bond acceptors (Lipinski definition) is 3. The van der Waals surface area contributed by atoms with Crippen molar-refractivity contribution in [2.75, 3.05) is 39.3 Å². The van der Waals surface area contributed by atoms with Crippen LogP contribution in [0.4, 0.5) is 0 Å². The molecule has 1 saturated heterocycles. The third-order valence-electron chi connectivity index (χ3n) is 5.40. The van der Waals surface area contributed by atoms with Crippen LogP contribution in [0.2, 0.25) is 0 Å². The van der Waals surface area contributed by atoms with Gasteiger partial charge in [-0.1, -0.05) is 37.5 Å². The Labute approximate surface area is 145 Å². The van der Waals surface area contributed by atoms with Gasteiger partial charge < -0.3 is 9.64 Å². The van der Waals surface area contributed by atoms with Gasteiger partial charge in [0, 0.05) is 38.6 Å². The van der Waals surface area contributed by atoms with Crippen LogP contribution in [0.15, 0.2) is 24.3 Å². The maximum atomic E-state index is 12.6. The van der Waals surface area contributed by atoms with E-state index in [4.69, 9.17) is 4.74 Å². The molecule has 0 unspecified atom stereocenters. The summed E-state index contributed by atoms with van der Waals surface area (Å²) in [4.78, 5) is 17.1. The molecule has 1 aromatic rings. The first kappa shape index (κ1) is 17.3. The van der Waals surface area contributed by atoms with Gasteiger partial charge >= 0.3 is 0 Å². The third kappa shape index (κ3) is 4.50. The normalized spacial score (nSPS) is 20.1. The Hall–Kier alpha value is -1.55. The monoisotopic (exact) mass is 330 g/mol. The van der Waals surface area contributed by atoms with E-state index >= 15 is 0 Å². The molecule has 1 aliphatic carbocycles. The van der Waals surface area contributed by atoms with Crippen molar-refractivity contribution in [2.45, 2.75) is 39.0 Å². The molecule has 2 aliphatic rings. The van der Waals surface area contributed by atoms with E-state index in [0.29, 0.717) is 18.4 Å². The van der Waals surface area contributed by atoms with Crippen molar-refractivity contribution in [1.29, 1.82) is 0 Å². The average Bonchev–Trinajstić information content (AvgIpc) is 2.64. The highest BCUT2D eigenvalue weighted by molar-refractivity contribution is 5.79. The minimum absolute atomic E-state index is 0.301. The van der Waals surface area contributed by atoms with E-state index in [1.807, 2.05) is 18.2 Å². The van der Waals surface area contributed by atoms with Gasteiger partial charge in [0.25, 0.3) is 0 Å². The highest BCUT2D eigenvalue weighted by Crippen LogP contribution is 2.25. The molecule has 0 radical (unpaired) electrons. The van der Waals surface area contributed by atoms with Crippen molar-refractivity contribution < 1.29 is 9.53 Å². The first-order valence-electron chi connectivity index (χ1n) is 9.43. The number of para-hydroxylation sites is 1. The second-order valence-corrected chi connectivity index (χ2v) is 7.12. The molecule has 2 fully saturated rings. The summed E-state index contributed by atoms with van der Waals surface area (Å²) >= 11 is 0. The number of carbonyl (C=O) groups is 1. The van der Waals surface area contributed by atoms with Crippen LogP contribution in [-0.2, 0) is 4.79 Å². The number of carbonyl (C=O) groups excluding carboxylic acids is 1. The van der Waals surface area contributed by atoms with Gasteiger partial charge in [0.05, 0.1) is 0 Å². The van der Waals surface area contributed by atoms with E-state index in [9.17, 15) is 4.79 Å². The molecule has 4 nitrogen and oxygen atoms in total. The number of benzene rings is 1. The molecule has 4 heteroatoms. The van der Waals surface area contributed by atoms with Crippen LogP contribution in [0, 0.1) is 12.8 Å². The summed E-state index contributed by atoms with van der Waals surface area (Å²) < 4.78 is 5.89. The highest BCUT2D eigenvalue weighted by atomic mass is 16.5. The SMILES string of the molecule is Cc1ccccc1OCCN1CCN(C(=O)C2CCCCC2)CC1. The van der Waals surface area contributed by atoms with Crippen molar-refractivity contribution in [3.63, 3.8) is 0 Å². The van der Waals surface area contributed by atoms with E-state index in [-0.39, 0.29) is 0 Å². The zero-order chi connectivity index (χ0) is 16.8. The topological polar surface area (TPSA) is 32.8 Å². The summed E-state index contributed by atoms with van der Waals surface area (Å²) in [5, 5.41) is 0. The number of aryl methyl sites for hydroxylation is 1. The van der Waals surface area contributed by atoms with Gasteiger partial charge in [0.2, 0.25) is 5.91 Å².